The molecule has 0 fully saturated rings. The van der Waals surface area contributed by atoms with Crippen molar-refractivity contribution in [2.45, 2.75) is 0 Å². The minimum absolute atomic E-state index is 0.221. The second-order valence-corrected chi connectivity index (χ2v) is 6.76. The molecular weight excluding hydrogens is 368 g/mol. The quantitative estimate of drug-likeness (QED) is 0.263. The second kappa shape index (κ2) is 4.61. The third-order valence-corrected chi connectivity index (χ3v) is 5.08. The highest BCUT2D eigenvalue weighted by atomic mass is 79.9. The molecule has 116 valence electrons. The Hall–Kier alpha value is -2.79. The van der Waals surface area contributed by atoms with Crippen molar-refractivity contribution in [3.63, 3.8) is 0 Å². The Labute approximate surface area is 145 Å². The summed E-state index contributed by atoms with van der Waals surface area (Å²) in [5, 5.41) is 25.8. The zero-order valence-electron chi connectivity index (χ0n) is 12.4. The first-order valence-electron chi connectivity index (χ1n) is 7.53. The molecule has 0 radical (unpaired) electrons. The molecule has 0 unspecified atom stereocenters. The van der Waals surface area contributed by atoms with E-state index in [1.165, 1.54) is 0 Å². The SMILES string of the molecule is [O-][n+]1c2c(n(O)c1-c1ccc(Br)cc1)-c1cccc3cccc-2c13. The van der Waals surface area contributed by atoms with Crippen molar-refractivity contribution >= 4 is 26.7 Å². The van der Waals surface area contributed by atoms with Crippen molar-refractivity contribution in [2.75, 3.05) is 0 Å². The summed E-state index contributed by atoms with van der Waals surface area (Å²) >= 11 is 3.39. The van der Waals surface area contributed by atoms with Crippen LogP contribution in [0.1, 0.15) is 0 Å². The smallest absolute Gasteiger partial charge is 0.332 e. The number of hydrogen-bond donors (Lipinski definition) is 1. The van der Waals surface area contributed by atoms with Crippen LogP contribution in [0.25, 0.3) is 44.7 Å². The molecule has 0 amide bonds. The molecule has 1 aliphatic rings. The first-order valence-corrected chi connectivity index (χ1v) is 8.32. The molecule has 1 N–H and O–H groups in total. The lowest BCUT2D eigenvalue weighted by atomic mass is 10.0. The minimum Gasteiger partial charge on any atom is -0.710 e. The van der Waals surface area contributed by atoms with E-state index in [2.05, 4.69) is 15.9 Å². The summed E-state index contributed by atoms with van der Waals surface area (Å²) in [5.74, 6) is 0.221. The van der Waals surface area contributed by atoms with Gasteiger partial charge in [-0.3, -0.25) is 0 Å². The van der Waals surface area contributed by atoms with Crippen LogP contribution in [0.4, 0.5) is 0 Å². The van der Waals surface area contributed by atoms with E-state index >= 15 is 0 Å². The number of nitrogens with zero attached hydrogens (tertiary/aromatic N) is 2. The van der Waals surface area contributed by atoms with E-state index in [0.29, 0.717) is 17.0 Å². The maximum Gasteiger partial charge on any atom is 0.332 e. The fourth-order valence-electron chi connectivity index (χ4n) is 3.55. The molecule has 0 spiro atoms. The fourth-order valence-corrected chi connectivity index (χ4v) is 3.81. The lowest BCUT2D eigenvalue weighted by molar-refractivity contribution is -0.582. The van der Waals surface area contributed by atoms with Gasteiger partial charge in [0.25, 0.3) is 0 Å². The maximum atomic E-state index is 13.0. The Balaban J connectivity index is 1.87. The second-order valence-electron chi connectivity index (χ2n) is 5.84. The van der Waals surface area contributed by atoms with Gasteiger partial charge in [0.2, 0.25) is 5.69 Å². The van der Waals surface area contributed by atoms with Crippen LogP contribution in [0, 0.1) is 5.21 Å². The average Bonchev–Trinajstić information content (AvgIpc) is 3.06. The van der Waals surface area contributed by atoms with Crippen LogP contribution in [-0.4, -0.2) is 9.94 Å². The fraction of sp³-hybridized carbons (Fsp3) is 0. The summed E-state index contributed by atoms with van der Waals surface area (Å²) in [6, 6.07) is 19.1. The first kappa shape index (κ1) is 13.6. The number of hydrogen-bond acceptors (Lipinski definition) is 2. The van der Waals surface area contributed by atoms with Gasteiger partial charge in [0.15, 0.2) is 5.69 Å². The van der Waals surface area contributed by atoms with Gasteiger partial charge in [0.05, 0.1) is 5.56 Å². The predicted octanol–water partition coefficient (Wildman–Crippen LogP) is 4.59. The monoisotopic (exact) mass is 378 g/mol. The molecule has 0 saturated heterocycles. The molecule has 0 aliphatic heterocycles. The third kappa shape index (κ3) is 1.59. The standard InChI is InChI=1S/C19H11BrN2O2/c20-13-9-7-12(8-10-13)19-21(23)17-14-5-1-3-11-4-2-6-15(16(11)14)18(17)22(19)24/h1-10,23H. The summed E-state index contributed by atoms with van der Waals surface area (Å²) in [6.07, 6.45) is 0. The Morgan fingerprint density at radius 1 is 0.917 bits per heavy atom. The molecule has 0 atom stereocenters. The van der Waals surface area contributed by atoms with Crippen LogP contribution < -0.4 is 4.73 Å². The molecular formula is C19H11BrN2O2. The number of aromatic nitrogens is 2. The van der Waals surface area contributed by atoms with Crippen LogP contribution in [0.5, 0.6) is 0 Å². The molecule has 5 rings (SSSR count). The molecule has 0 bridgehead atoms. The Morgan fingerprint density at radius 3 is 2.29 bits per heavy atom. The highest BCUT2D eigenvalue weighted by Gasteiger charge is 2.37. The van der Waals surface area contributed by atoms with Crippen LogP contribution >= 0.6 is 15.9 Å². The van der Waals surface area contributed by atoms with Crippen molar-refractivity contribution < 1.29 is 9.94 Å². The summed E-state index contributed by atoms with van der Waals surface area (Å²) in [7, 11) is 0. The summed E-state index contributed by atoms with van der Waals surface area (Å²) in [5.41, 5.74) is 3.46. The Kier molecular flexibility index (Phi) is 2.62. The highest BCUT2D eigenvalue weighted by Crippen LogP contribution is 2.46. The summed E-state index contributed by atoms with van der Waals surface area (Å²) < 4.78 is 2.76. The lowest BCUT2D eigenvalue weighted by Gasteiger charge is -2.07. The number of fused-ring (bicyclic) bond motifs is 3. The van der Waals surface area contributed by atoms with Crippen LogP contribution in [0.15, 0.2) is 65.1 Å². The van der Waals surface area contributed by atoms with Crippen molar-refractivity contribution in [3.8, 4) is 33.9 Å². The van der Waals surface area contributed by atoms with Gasteiger partial charge < -0.3 is 10.4 Å². The number of imidazole rings is 1. The zero-order valence-corrected chi connectivity index (χ0v) is 14.0. The van der Waals surface area contributed by atoms with Crippen molar-refractivity contribution in [1.29, 1.82) is 0 Å². The molecule has 1 heterocycles. The van der Waals surface area contributed by atoms with Gasteiger partial charge in [-0.25, -0.2) is 4.73 Å². The predicted molar refractivity (Wildman–Crippen MR) is 95.6 cm³/mol. The van der Waals surface area contributed by atoms with E-state index in [-0.39, 0.29) is 5.82 Å². The number of rotatable bonds is 1. The van der Waals surface area contributed by atoms with E-state index in [0.717, 1.165) is 35.8 Å². The van der Waals surface area contributed by atoms with E-state index in [4.69, 9.17) is 0 Å². The van der Waals surface area contributed by atoms with Gasteiger partial charge >= 0.3 is 5.82 Å². The van der Waals surface area contributed by atoms with Gasteiger partial charge in [-0.15, -0.1) is 0 Å². The largest absolute Gasteiger partial charge is 0.710 e. The van der Waals surface area contributed by atoms with E-state index in [9.17, 15) is 10.4 Å². The van der Waals surface area contributed by atoms with Crippen molar-refractivity contribution in [3.05, 3.63) is 70.3 Å². The first-order chi connectivity index (χ1) is 11.7. The van der Waals surface area contributed by atoms with Crippen molar-refractivity contribution in [1.82, 2.24) is 4.73 Å². The topological polar surface area (TPSA) is 52.1 Å². The molecule has 3 aromatic carbocycles. The van der Waals surface area contributed by atoms with Gasteiger partial charge in [0, 0.05) is 21.0 Å². The molecule has 0 saturated carbocycles. The summed E-state index contributed by atoms with van der Waals surface area (Å²) in [4.78, 5) is 0. The lowest BCUT2D eigenvalue weighted by Crippen LogP contribution is -2.29. The molecule has 4 nitrogen and oxygen atoms in total. The highest BCUT2D eigenvalue weighted by molar-refractivity contribution is 9.10. The van der Waals surface area contributed by atoms with Crippen LogP contribution in [-0.2, 0) is 0 Å². The van der Waals surface area contributed by atoms with Gasteiger partial charge in [-0.05, 0) is 46.5 Å². The molecule has 1 aromatic heterocycles. The van der Waals surface area contributed by atoms with Crippen molar-refractivity contribution in [2.24, 2.45) is 0 Å². The molecule has 4 aromatic rings. The van der Waals surface area contributed by atoms with E-state index in [1.807, 2.05) is 60.7 Å². The van der Waals surface area contributed by atoms with Crippen LogP contribution in [0.2, 0.25) is 0 Å². The van der Waals surface area contributed by atoms with E-state index < -0.39 is 0 Å². The molecule has 24 heavy (non-hydrogen) atoms. The molecule has 1 aliphatic carbocycles. The summed E-state index contributed by atoms with van der Waals surface area (Å²) in [6.45, 7) is 0. The number of benzene rings is 3. The van der Waals surface area contributed by atoms with Gasteiger partial charge in [-0.1, -0.05) is 40.2 Å². The van der Waals surface area contributed by atoms with Gasteiger partial charge in [-0.2, -0.15) is 0 Å². The van der Waals surface area contributed by atoms with Crippen LogP contribution in [0.3, 0.4) is 0 Å². The maximum absolute atomic E-state index is 13.0. The minimum atomic E-state index is 0.221. The third-order valence-electron chi connectivity index (χ3n) is 4.55. The average molecular weight is 379 g/mol. The normalized spacial score (nSPS) is 11.9. The Bertz CT molecular complexity index is 1070. The number of halogens is 1. The molecule has 5 heteroatoms. The zero-order chi connectivity index (χ0) is 16.4. The van der Waals surface area contributed by atoms with E-state index in [1.54, 1.807) is 0 Å². The Morgan fingerprint density at radius 2 is 1.58 bits per heavy atom. The van der Waals surface area contributed by atoms with Gasteiger partial charge in [0.1, 0.15) is 0 Å².